The summed E-state index contributed by atoms with van der Waals surface area (Å²) in [5, 5.41) is 11.2. The Kier molecular flexibility index (Phi) is 5.81. The number of benzene rings is 1. The van der Waals surface area contributed by atoms with Crippen LogP contribution in [0.15, 0.2) is 18.2 Å². The van der Waals surface area contributed by atoms with Gasteiger partial charge < -0.3 is 19.9 Å². The van der Waals surface area contributed by atoms with E-state index in [0.29, 0.717) is 24.5 Å². The smallest absolute Gasteiger partial charge is 0.340 e. The molecular formula is C13H17NO5. The summed E-state index contributed by atoms with van der Waals surface area (Å²) in [6.07, 6.45) is 0.501. The zero-order valence-electron chi connectivity index (χ0n) is 10.9. The van der Waals surface area contributed by atoms with Crippen molar-refractivity contribution in [2.45, 2.75) is 13.3 Å². The van der Waals surface area contributed by atoms with E-state index in [1.165, 1.54) is 20.1 Å². The summed E-state index contributed by atoms with van der Waals surface area (Å²) in [7, 11) is 1.26. The maximum absolute atomic E-state index is 11.6. The fourth-order valence-corrected chi connectivity index (χ4v) is 1.45. The third kappa shape index (κ3) is 4.59. The highest BCUT2D eigenvalue weighted by Crippen LogP contribution is 2.23. The van der Waals surface area contributed by atoms with Gasteiger partial charge in [-0.1, -0.05) is 0 Å². The molecule has 6 nitrogen and oxygen atoms in total. The number of ether oxygens (including phenoxy) is 2. The third-order valence-corrected chi connectivity index (χ3v) is 2.28. The number of aliphatic hydroxyl groups is 1. The molecule has 1 amide bonds. The van der Waals surface area contributed by atoms with Crippen LogP contribution < -0.4 is 10.1 Å². The Balaban J connectivity index is 2.94. The first kappa shape index (κ1) is 15.0. The zero-order valence-corrected chi connectivity index (χ0v) is 10.9. The van der Waals surface area contributed by atoms with Crippen molar-refractivity contribution in [2.75, 3.05) is 25.6 Å². The molecule has 6 heteroatoms. The average Bonchev–Trinajstić information content (AvgIpc) is 2.39. The van der Waals surface area contributed by atoms with Gasteiger partial charge in [0.15, 0.2) is 0 Å². The molecule has 0 aliphatic heterocycles. The number of esters is 1. The quantitative estimate of drug-likeness (QED) is 0.597. The summed E-state index contributed by atoms with van der Waals surface area (Å²) in [4.78, 5) is 22.7. The lowest BCUT2D eigenvalue weighted by Gasteiger charge is -2.11. The molecular weight excluding hydrogens is 250 g/mol. The van der Waals surface area contributed by atoms with Gasteiger partial charge in [0.25, 0.3) is 0 Å². The van der Waals surface area contributed by atoms with Crippen LogP contribution in [0.25, 0.3) is 0 Å². The molecule has 1 rings (SSSR count). The topological polar surface area (TPSA) is 84.9 Å². The molecule has 104 valence electrons. The lowest BCUT2D eigenvalue weighted by atomic mass is 10.1. The molecule has 0 heterocycles. The first-order chi connectivity index (χ1) is 9.08. The number of anilines is 1. The van der Waals surface area contributed by atoms with Gasteiger partial charge in [0, 0.05) is 20.0 Å². The van der Waals surface area contributed by atoms with Gasteiger partial charge in [-0.05, 0) is 18.2 Å². The summed E-state index contributed by atoms with van der Waals surface area (Å²) < 4.78 is 10.0. The van der Waals surface area contributed by atoms with Gasteiger partial charge in [-0.2, -0.15) is 0 Å². The van der Waals surface area contributed by atoms with Crippen molar-refractivity contribution in [1.82, 2.24) is 0 Å². The molecule has 0 saturated heterocycles. The van der Waals surface area contributed by atoms with Crippen LogP contribution in [0.3, 0.4) is 0 Å². The summed E-state index contributed by atoms with van der Waals surface area (Å²) in [6, 6.07) is 4.70. The average molecular weight is 267 g/mol. The summed E-state index contributed by atoms with van der Waals surface area (Å²) >= 11 is 0. The Morgan fingerprint density at radius 2 is 2.11 bits per heavy atom. The second kappa shape index (κ2) is 7.38. The zero-order chi connectivity index (χ0) is 14.3. The van der Waals surface area contributed by atoms with Crippen LogP contribution in [-0.2, 0) is 9.53 Å². The number of carbonyl (C=O) groups is 2. The minimum atomic E-state index is -0.559. The molecule has 1 aromatic carbocycles. The normalized spacial score (nSPS) is 9.84. The van der Waals surface area contributed by atoms with Gasteiger partial charge >= 0.3 is 5.97 Å². The molecule has 0 atom stereocenters. The number of aliphatic hydroxyl groups excluding tert-OH is 1. The van der Waals surface area contributed by atoms with E-state index in [1.807, 2.05) is 0 Å². The van der Waals surface area contributed by atoms with Gasteiger partial charge in [-0.15, -0.1) is 0 Å². The number of carbonyl (C=O) groups excluding carboxylic acids is 2. The predicted molar refractivity (Wildman–Crippen MR) is 69.3 cm³/mol. The largest absolute Gasteiger partial charge is 0.493 e. The Labute approximate surface area is 111 Å². The van der Waals surface area contributed by atoms with Crippen molar-refractivity contribution >= 4 is 17.6 Å². The fraction of sp³-hybridized carbons (Fsp3) is 0.385. The summed E-state index contributed by atoms with van der Waals surface area (Å²) in [5.74, 6) is -0.363. The minimum Gasteiger partial charge on any atom is -0.493 e. The van der Waals surface area contributed by atoms with E-state index < -0.39 is 5.97 Å². The molecule has 0 aliphatic rings. The number of rotatable bonds is 6. The molecule has 0 aliphatic carbocycles. The number of nitrogens with one attached hydrogen (secondary N) is 1. The van der Waals surface area contributed by atoms with Gasteiger partial charge in [-0.3, -0.25) is 4.79 Å². The highest BCUT2D eigenvalue weighted by Gasteiger charge is 2.14. The van der Waals surface area contributed by atoms with Crippen molar-refractivity contribution in [3.05, 3.63) is 23.8 Å². The second-order valence-corrected chi connectivity index (χ2v) is 3.81. The molecule has 0 fully saturated rings. The van der Waals surface area contributed by atoms with Gasteiger partial charge in [-0.25, -0.2) is 4.79 Å². The van der Waals surface area contributed by atoms with Gasteiger partial charge in [0.1, 0.15) is 5.75 Å². The number of methoxy groups -OCH3 is 1. The maximum Gasteiger partial charge on any atom is 0.340 e. The van der Waals surface area contributed by atoms with Crippen LogP contribution in [0.5, 0.6) is 5.75 Å². The number of hydrogen-bond acceptors (Lipinski definition) is 5. The van der Waals surface area contributed by atoms with Crippen LogP contribution in [0.4, 0.5) is 5.69 Å². The SMILES string of the molecule is COC(=O)c1cc(OCCCO)ccc1NC(C)=O. The number of amides is 1. The molecule has 0 spiro atoms. The van der Waals surface area contributed by atoms with E-state index >= 15 is 0 Å². The standard InChI is InChI=1S/C13H17NO5/c1-9(16)14-12-5-4-10(19-7-3-6-15)8-11(12)13(17)18-2/h4-5,8,15H,3,6-7H2,1-2H3,(H,14,16). The Morgan fingerprint density at radius 1 is 1.37 bits per heavy atom. The lowest BCUT2D eigenvalue weighted by molar-refractivity contribution is -0.114. The minimum absolute atomic E-state index is 0.0356. The van der Waals surface area contributed by atoms with E-state index in [9.17, 15) is 9.59 Å². The van der Waals surface area contributed by atoms with E-state index in [2.05, 4.69) is 10.1 Å². The Morgan fingerprint density at radius 3 is 2.68 bits per heavy atom. The van der Waals surface area contributed by atoms with Crippen LogP contribution in [0, 0.1) is 0 Å². The van der Waals surface area contributed by atoms with Crippen LogP contribution in [0.2, 0.25) is 0 Å². The number of hydrogen-bond donors (Lipinski definition) is 2. The van der Waals surface area contributed by atoms with Crippen molar-refractivity contribution in [2.24, 2.45) is 0 Å². The van der Waals surface area contributed by atoms with Gasteiger partial charge in [0.05, 0.1) is 25.0 Å². The van der Waals surface area contributed by atoms with Crippen molar-refractivity contribution in [3.63, 3.8) is 0 Å². The molecule has 0 aromatic heterocycles. The summed E-state index contributed by atoms with van der Waals surface area (Å²) in [5.41, 5.74) is 0.591. The van der Waals surface area contributed by atoms with Crippen LogP contribution in [0.1, 0.15) is 23.7 Å². The molecule has 0 saturated carbocycles. The predicted octanol–water partition coefficient (Wildman–Crippen LogP) is 1.19. The van der Waals surface area contributed by atoms with E-state index in [0.717, 1.165) is 0 Å². The van der Waals surface area contributed by atoms with Crippen LogP contribution >= 0.6 is 0 Å². The second-order valence-electron chi connectivity index (χ2n) is 3.81. The molecule has 2 N–H and O–H groups in total. The molecule has 0 radical (unpaired) electrons. The fourth-order valence-electron chi connectivity index (χ4n) is 1.45. The van der Waals surface area contributed by atoms with E-state index in [4.69, 9.17) is 9.84 Å². The molecule has 0 bridgehead atoms. The summed E-state index contributed by atoms with van der Waals surface area (Å²) in [6.45, 7) is 1.73. The maximum atomic E-state index is 11.6. The highest BCUT2D eigenvalue weighted by molar-refractivity contribution is 6.01. The lowest BCUT2D eigenvalue weighted by Crippen LogP contribution is -2.12. The van der Waals surface area contributed by atoms with Crippen molar-refractivity contribution < 1.29 is 24.2 Å². The van der Waals surface area contributed by atoms with Gasteiger partial charge in [0.2, 0.25) is 5.91 Å². The Bertz CT molecular complexity index is 458. The highest BCUT2D eigenvalue weighted by atomic mass is 16.5. The van der Waals surface area contributed by atoms with Crippen molar-refractivity contribution in [1.29, 1.82) is 0 Å². The van der Waals surface area contributed by atoms with E-state index in [1.54, 1.807) is 12.1 Å². The first-order valence-electron chi connectivity index (χ1n) is 5.82. The Hall–Kier alpha value is -2.08. The molecule has 19 heavy (non-hydrogen) atoms. The van der Waals surface area contributed by atoms with E-state index in [-0.39, 0.29) is 18.1 Å². The first-order valence-corrected chi connectivity index (χ1v) is 5.82. The van der Waals surface area contributed by atoms with Crippen molar-refractivity contribution in [3.8, 4) is 5.75 Å². The molecule has 0 unspecified atom stereocenters. The molecule has 1 aromatic rings. The monoisotopic (exact) mass is 267 g/mol. The third-order valence-electron chi connectivity index (χ3n) is 2.28. The van der Waals surface area contributed by atoms with Crippen LogP contribution in [-0.4, -0.2) is 37.3 Å².